The molecule has 2 aromatic rings. The molecule has 0 bridgehead atoms. The van der Waals surface area contributed by atoms with Crippen molar-refractivity contribution in [2.75, 3.05) is 5.73 Å². The summed E-state index contributed by atoms with van der Waals surface area (Å²) < 4.78 is 2.08. The van der Waals surface area contributed by atoms with Crippen molar-refractivity contribution in [1.29, 1.82) is 0 Å². The highest BCUT2D eigenvalue weighted by molar-refractivity contribution is 9.10. The predicted molar refractivity (Wildman–Crippen MR) is 56.0 cm³/mol. The van der Waals surface area contributed by atoms with Crippen molar-refractivity contribution in [2.45, 2.75) is 6.92 Å². The van der Waals surface area contributed by atoms with Crippen LogP contribution in [0.3, 0.4) is 0 Å². The van der Waals surface area contributed by atoms with Gasteiger partial charge in [-0.15, -0.1) is 5.10 Å². The molecule has 0 aliphatic rings. The van der Waals surface area contributed by atoms with Gasteiger partial charge in [0.05, 0.1) is 0 Å². The molecule has 2 N–H and O–H groups in total. The molecule has 2 rings (SSSR count). The fourth-order valence-electron chi connectivity index (χ4n) is 1.04. The first kappa shape index (κ1) is 9.14. The second-order valence-corrected chi connectivity index (χ2v) is 3.55. The molecule has 0 fully saturated rings. The van der Waals surface area contributed by atoms with Gasteiger partial charge in [0.25, 0.3) is 0 Å². The van der Waals surface area contributed by atoms with Crippen LogP contribution in [0.1, 0.15) is 5.56 Å². The van der Waals surface area contributed by atoms with Crippen LogP contribution >= 0.6 is 15.9 Å². The maximum Gasteiger partial charge on any atom is 0.240 e. The molecule has 0 amide bonds. The Morgan fingerprint density at radius 3 is 2.71 bits per heavy atom. The van der Waals surface area contributed by atoms with Crippen LogP contribution in [0, 0.1) is 6.92 Å². The van der Waals surface area contributed by atoms with Gasteiger partial charge in [-0.2, -0.15) is 9.67 Å². The number of rotatable bonds is 1. The third-order valence-electron chi connectivity index (χ3n) is 1.70. The minimum atomic E-state index is 0.222. The van der Waals surface area contributed by atoms with Crippen LogP contribution in [0.2, 0.25) is 0 Å². The Morgan fingerprint density at radius 1 is 1.43 bits per heavy atom. The summed E-state index contributed by atoms with van der Waals surface area (Å²) in [5, 5.41) is 3.98. The van der Waals surface area contributed by atoms with Gasteiger partial charge >= 0.3 is 0 Å². The van der Waals surface area contributed by atoms with Crippen LogP contribution in [0.25, 0.3) is 5.82 Å². The molecule has 14 heavy (non-hydrogen) atoms. The standard InChI is InChI=1S/C8H8BrN5/c1-5-2-3-6(11-4-5)14-7(9)12-8(10)13-14/h2-4H,1H3,(H2,10,13). The highest BCUT2D eigenvalue weighted by Crippen LogP contribution is 2.13. The molecule has 0 radical (unpaired) electrons. The van der Waals surface area contributed by atoms with Gasteiger partial charge in [0, 0.05) is 6.20 Å². The number of halogens is 1. The fourth-order valence-corrected chi connectivity index (χ4v) is 1.48. The molecular weight excluding hydrogens is 246 g/mol. The Bertz CT molecular complexity index is 447. The van der Waals surface area contributed by atoms with Crippen LogP contribution < -0.4 is 5.73 Å². The number of hydrogen-bond donors (Lipinski definition) is 1. The lowest BCUT2D eigenvalue weighted by atomic mass is 10.3. The highest BCUT2D eigenvalue weighted by atomic mass is 79.9. The predicted octanol–water partition coefficient (Wildman–Crippen LogP) is 1.32. The molecule has 0 atom stereocenters. The van der Waals surface area contributed by atoms with E-state index in [9.17, 15) is 0 Å². The lowest BCUT2D eigenvalue weighted by Crippen LogP contribution is -2.00. The molecule has 2 aromatic heterocycles. The van der Waals surface area contributed by atoms with Crippen molar-refractivity contribution < 1.29 is 0 Å². The monoisotopic (exact) mass is 253 g/mol. The summed E-state index contributed by atoms with van der Waals surface area (Å²) in [6, 6.07) is 3.81. The van der Waals surface area contributed by atoms with Gasteiger partial charge in [0.2, 0.25) is 10.7 Å². The van der Waals surface area contributed by atoms with Gasteiger partial charge in [-0.3, -0.25) is 0 Å². The van der Waals surface area contributed by atoms with E-state index in [1.165, 1.54) is 4.68 Å². The molecule has 0 aliphatic heterocycles. The van der Waals surface area contributed by atoms with Crippen molar-refractivity contribution in [1.82, 2.24) is 19.7 Å². The zero-order valence-corrected chi connectivity index (χ0v) is 9.06. The minimum absolute atomic E-state index is 0.222. The largest absolute Gasteiger partial charge is 0.366 e. The summed E-state index contributed by atoms with van der Waals surface area (Å²) in [6.45, 7) is 1.97. The molecule has 72 valence electrons. The van der Waals surface area contributed by atoms with Crippen molar-refractivity contribution in [3.8, 4) is 5.82 Å². The zero-order valence-electron chi connectivity index (χ0n) is 7.48. The minimum Gasteiger partial charge on any atom is -0.366 e. The number of aryl methyl sites for hydroxylation is 1. The molecule has 0 spiro atoms. The van der Waals surface area contributed by atoms with E-state index in [4.69, 9.17) is 5.73 Å². The van der Waals surface area contributed by atoms with Crippen LogP contribution in [-0.2, 0) is 0 Å². The van der Waals surface area contributed by atoms with Gasteiger partial charge in [-0.25, -0.2) is 4.98 Å². The van der Waals surface area contributed by atoms with Crippen LogP contribution in [-0.4, -0.2) is 19.7 Å². The van der Waals surface area contributed by atoms with Gasteiger partial charge in [0.15, 0.2) is 5.82 Å². The van der Waals surface area contributed by atoms with Crippen molar-refractivity contribution >= 4 is 21.9 Å². The smallest absolute Gasteiger partial charge is 0.240 e. The maximum absolute atomic E-state index is 5.45. The molecule has 2 heterocycles. The number of pyridine rings is 1. The maximum atomic E-state index is 5.45. The van der Waals surface area contributed by atoms with Gasteiger partial charge in [-0.05, 0) is 34.5 Å². The summed E-state index contributed by atoms with van der Waals surface area (Å²) in [5.74, 6) is 0.908. The van der Waals surface area contributed by atoms with E-state index in [0.717, 1.165) is 5.56 Å². The van der Waals surface area contributed by atoms with Gasteiger partial charge in [-0.1, -0.05) is 6.07 Å². The van der Waals surface area contributed by atoms with E-state index in [-0.39, 0.29) is 5.95 Å². The number of aromatic nitrogens is 4. The Kier molecular flexibility index (Phi) is 2.20. The van der Waals surface area contributed by atoms with E-state index in [2.05, 4.69) is 31.0 Å². The number of nitrogen functional groups attached to an aromatic ring is 1. The lowest BCUT2D eigenvalue weighted by Gasteiger charge is -1.99. The normalized spacial score (nSPS) is 10.4. The van der Waals surface area contributed by atoms with Crippen LogP contribution in [0.15, 0.2) is 23.1 Å². The molecule has 6 heteroatoms. The first-order chi connectivity index (χ1) is 6.66. The van der Waals surface area contributed by atoms with E-state index in [1.807, 2.05) is 19.1 Å². The van der Waals surface area contributed by atoms with Gasteiger partial charge < -0.3 is 5.73 Å². The zero-order chi connectivity index (χ0) is 10.1. The summed E-state index contributed by atoms with van der Waals surface area (Å²) in [4.78, 5) is 8.11. The molecule has 0 saturated heterocycles. The first-order valence-corrected chi connectivity index (χ1v) is 4.77. The van der Waals surface area contributed by atoms with E-state index in [1.54, 1.807) is 6.20 Å². The number of anilines is 1. The number of nitrogens with two attached hydrogens (primary N) is 1. The van der Waals surface area contributed by atoms with Crippen molar-refractivity contribution in [2.24, 2.45) is 0 Å². The second kappa shape index (κ2) is 3.38. The van der Waals surface area contributed by atoms with Crippen molar-refractivity contribution in [3.63, 3.8) is 0 Å². The molecule has 0 unspecified atom stereocenters. The van der Waals surface area contributed by atoms with Crippen LogP contribution in [0.4, 0.5) is 5.95 Å². The Labute approximate surface area is 89.1 Å². The average Bonchev–Trinajstić information content (AvgIpc) is 2.47. The molecule has 0 aromatic carbocycles. The molecule has 0 saturated carbocycles. The Balaban J connectivity index is 2.49. The SMILES string of the molecule is Cc1ccc(-n2nc(N)nc2Br)nc1. The molecular formula is C8H8BrN5. The average molecular weight is 254 g/mol. The lowest BCUT2D eigenvalue weighted by molar-refractivity contribution is 0.826. The van der Waals surface area contributed by atoms with E-state index >= 15 is 0 Å². The summed E-state index contributed by atoms with van der Waals surface area (Å²) in [7, 11) is 0. The summed E-state index contributed by atoms with van der Waals surface area (Å²) in [6.07, 6.45) is 1.76. The third kappa shape index (κ3) is 1.60. The van der Waals surface area contributed by atoms with Crippen molar-refractivity contribution in [3.05, 3.63) is 28.6 Å². The van der Waals surface area contributed by atoms with Gasteiger partial charge in [0.1, 0.15) is 0 Å². The summed E-state index contributed by atoms with van der Waals surface area (Å²) >= 11 is 3.24. The van der Waals surface area contributed by atoms with E-state index < -0.39 is 0 Å². The summed E-state index contributed by atoms with van der Waals surface area (Å²) in [5.41, 5.74) is 6.54. The Hall–Kier alpha value is -1.43. The first-order valence-electron chi connectivity index (χ1n) is 3.98. The number of nitrogens with zero attached hydrogens (tertiary/aromatic N) is 4. The molecule has 5 nitrogen and oxygen atoms in total. The highest BCUT2D eigenvalue weighted by Gasteiger charge is 2.06. The topological polar surface area (TPSA) is 69.6 Å². The third-order valence-corrected chi connectivity index (χ3v) is 2.21. The van der Waals surface area contributed by atoms with E-state index in [0.29, 0.717) is 10.6 Å². The van der Waals surface area contributed by atoms with Crippen LogP contribution in [0.5, 0.6) is 0 Å². The second-order valence-electron chi connectivity index (χ2n) is 2.84. The number of hydrogen-bond acceptors (Lipinski definition) is 4. The molecule has 0 aliphatic carbocycles. The quantitative estimate of drug-likeness (QED) is 0.833. The Morgan fingerprint density at radius 2 is 2.21 bits per heavy atom. The fraction of sp³-hybridized carbons (Fsp3) is 0.125.